The number of hydrogen-bond acceptors (Lipinski definition) is 3. The summed E-state index contributed by atoms with van der Waals surface area (Å²) >= 11 is 12.2. The maximum Gasteiger partial charge on any atom is 0.274 e. The summed E-state index contributed by atoms with van der Waals surface area (Å²) in [6.07, 6.45) is 3.02. The van der Waals surface area contributed by atoms with Gasteiger partial charge in [-0.3, -0.25) is 9.78 Å². The maximum atomic E-state index is 12.2. The van der Waals surface area contributed by atoms with Gasteiger partial charge >= 0.3 is 0 Å². The zero-order valence-corrected chi connectivity index (χ0v) is 12.2. The summed E-state index contributed by atoms with van der Waals surface area (Å²) in [5, 5.41) is 4.35. The number of para-hydroxylation sites is 1. The van der Waals surface area contributed by atoms with Crippen molar-refractivity contribution >= 4 is 45.7 Å². The molecule has 104 valence electrons. The molecular weight excluding hydrogens is 309 g/mol. The first-order valence-electron chi connectivity index (χ1n) is 6.11. The quantitative estimate of drug-likeness (QED) is 0.771. The molecule has 0 fully saturated rings. The van der Waals surface area contributed by atoms with Crippen molar-refractivity contribution in [2.24, 2.45) is 0 Å². The topological polar surface area (TPSA) is 54.9 Å². The third kappa shape index (κ3) is 2.82. The Labute approximate surface area is 130 Å². The third-order valence-corrected chi connectivity index (χ3v) is 3.56. The van der Waals surface area contributed by atoms with Crippen molar-refractivity contribution in [2.45, 2.75) is 0 Å². The zero-order valence-electron chi connectivity index (χ0n) is 10.7. The fraction of sp³-hybridized carbons (Fsp3) is 0. The van der Waals surface area contributed by atoms with Gasteiger partial charge in [-0.25, -0.2) is 4.98 Å². The van der Waals surface area contributed by atoms with Crippen LogP contribution in [0.15, 0.2) is 48.8 Å². The van der Waals surface area contributed by atoms with E-state index in [4.69, 9.17) is 23.2 Å². The molecule has 21 heavy (non-hydrogen) atoms. The molecule has 0 spiro atoms. The number of carbonyl (C=O) groups is 1. The van der Waals surface area contributed by atoms with Crippen LogP contribution in [0.1, 0.15) is 10.5 Å². The SMILES string of the molecule is O=C(Nc1cnccc1Cl)c1cc(Cl)c2ccccc2n1. The molecule has 2 aromatic heterocycles. The number of hydrogen-bond donors (Lipinski definition) is 1. The molecule has 0 aliphatic carbocycles. The van der Waals surface area contributed by atoms with Gasteiger partial charge in [0.1, 0.15) is 5.69 Å². The number of benzene rings is 1. The van der Waals surface area contributed by atoms with Gasteiger partial charge in [0.25, 0.3) is 5.91 Å². The lowest BCUT2D eigenvalue weighted by molar-refractivity contribution is 0.102. The van der Waals surface area contributed by atoms with Crippen LogP contribution in [0.2, 0.25) is 10.0 Å². The van der Waals surface area contributed by atoms with Crippen molar-refractivity contribution in [1.82, 2.24) is 9.97 Å². The van der Waals surface area contributed by atoms with Crippen LogP contribution >= 0.6 is 23.2 Å². The zero-order chi connectivity index (χ0) is 14.8. The van der Waals surface area contributed by atoms with Gasteiger partial charge in [0.2, 0.25) is 0 Å². The Morgan fingerprint density at radius 1 is 1.10 bits per heavy atom. The summed E-state index contributed by atoms with van der Waals surface area (Å²) < 4.78 is 0. The number of carbonyl (C=O) groups excluding carboxylic acids is 1. The molecule has 0 aliphatic heterocycles. The Balaban J connectivity index is 1.97. The molecule has 0 saturated heterocycles. The van der Waals surface area contributed by atoms with Gasteiger partial charge in [-0.15, -0.1) is 0 Å². The minimum absolute atomic E-state index is 0.221. The number of halogens is 2. The van der Waals surface area contributed by atoms with Gasteiger partial charge < -0.3 is 5.32 Å². The normalized spacial score (nSPS) is 10.6. The molecule has 0 radical (unpaired) electrons. The van der Waals surface area contributed by atoms with Crippen molar-refractivity contribution in [3.63, 3.8) is 0 Å². The van der Waals surface area contributed by atoms with Crippen LogP contribution in [-0.4, -0.2) is 15.9 Å². The van der Waals surface area contributed by atoms with Crippen molar-refractivity contribution < 1.29 is 4.79 Å². The molecule has 3 aromatic rings. The van der Waals surface area contributed by atoms with Gasteiger partial charge in [-0.2, -0.15) is 0 Å². The second kappa shape index (κ2) is 5.68. The molecule has 0 atom stereocenters. The number of amides is 1. The second-order valence-electron chi connectivity index (χ2n) is 4.32. The number of aromatic nitrogens is 2. The Morgan fingerprint density at radius 2 is 1.90 bits per heavy atom. The number of nitrogens with one attached hydrogen (secondary N) is 1. The highest BCUT2D eigenvalue weighted by Crippen LogP contribution is 2.24. The van der Waals surface area contributed by atoms with E-state index in [0.717, 1.165) is 5.39 Å². The van der Waals surface area contributed by atoms with Crippen LogP contribution in [0.3, 0.4) is 0 Å². The van der Waals surface area contributed by atoms with Crippen LogP contribution in [0.4, 0.5) is 5.69 Å². The number of pyridine rings is 2. The Morgan fingerprint density at radius 3 is 2.71 bits per heavy atom. The minimum atomic E-state index is -0.391. The molecule has 6 heteroatoms. The Hall–Kier alpha value is -2.17. The molecule has 1 amide bonds. The minimum Gasteiger partial charge on any atom is -0.318 e. The summed E-state index contributed by atoms with van der Waals surface area (Å²) in [6.45, 7) is 0. The van der Waals surface area contributed by atoms with E-state index in [0.29, 0.717) is 21.2 Å². The second-order valence-corrected chi connectivity index (χ2v) is 5.13. The number of anilines is 1. The average molecular weight is 318 g/mol. The van der Waals surface area contributed by atoms with Crippen LogP contribution < -0.4 is 5.32 Å². The van der Waals surface area contributed by atoms with Crippen molar-refractivity contribution in [3.8, 4) is 0 Å². The van der Waals surface area contributed by atoms with Gasteiger partial charge in [-0.05, 0) is 18.2 Å². The summed E-state index contributed by atoms with van der Waals surface area (Å²) in [6, 6.07) is 10.5. The molecule has 3 rings (SSSR count). The molecule has 0 aliphatic rings. The monoisotopic (exact) mass is 317 g/mol. The molecule has 1 aromatic carbocycles. The van der Waals surface area contributed by atoms with Crippen LogP contribution in [-0.2, 0) is 0 Å². The number of fused-ring (bicyclic) bond motifs is 1. The van der Waals surface area contributed by atoms with Gasteiger partial charge in [-0.1, -0.05) is 41.4 Å². The highest BCUT2D eigenvalue weighted by atomic mass is 35.5. The number of rotatable bonds is 2. The van der Waals surface area contributed by atoms with Crippen LogP contribution in [0.5, 0.6) is 0 Å². The number of nitrogens with zero attached hydrogens (tertiary/aromatic N) is 2. The van der Waals surface area contributed by atoms with Crippen LogP contribution in [0, 0.1) is 0 Å². The summed E-state index contributed by atoms with van der Waals surface area (Å²) in [5.74, 6) is -0.391. The highest BCUT2D eigenvalue weighted by Gasteiger charge is 2.12. The van der Waals surface area contributed by atoms with E-state index in [2.05, 4.69) is 15.3 Å². The van der Waals surface area contributed by atoms with E-state index in [1.807, 2.05) is 18.2 Å². The van der Waals surface area contributed by atoms with Crippen molar-refractivity contribution in [2.75, 3.05) is 5.32 Å². The van der Waals surface area contributed by atoms with Gasteiger partial charge in [0.05, 0.1) is 27.4 Å². The predicted molar refractivity (Wildman–Crippen MR) is 84.0 cm³/mol. The van der Waals surface area contributed by atoms with E-state index in [-0.39, 0.29) is 5.69 Å². The lowest BCUT2D eigenvalue weighted by Gasteiger charge is -2.07. The molecule has 0 saturated carbocycles. The molecular formula is C15H9Cl2N3O. The first kappa shape index (κ1) is 13.8. The first-order valence-corrected chi connectivity index (χ1v) is 6.87. The van der Waals surface area contributed by atoms with E-state index in [1.165, 1.54) is 12.3 Å². The fourth-order valence-corrected chi connectivity index (χ4v) is 2.32. The van der Waals surface area contributed by atoms with Gasteiger partial charge in [0, 0.05) is 11.6 Å². The summed E-state index contributed by atoms with van der Waals surface area (Å²) in [7, 11) is 0. The van der Waals surface area contributed by atoms with E-state index in [9.17, 15) is 4.79 Å². The third-order valence-electron chi connectivity index (χ3n) is 2.91. The molecule has 0 bridgehead atoms. The van der Waals surface area contributed by atoms with Crippen LogP contribution in [0.25, 0.3) is 10.9 Å². The van der Waals surface area contributed by atoms with Crippen molar-refractivity contribution in [1.29, 1.82) is 0 Å². The molecule has 1 N–H and O–H groups in total. The summed E-state index contributed by atoms with van der Waals surface area (Å²) in [5.41, 5.74) is 1.31. The molecule has 0 unspecified atom stereocenters. The standard InChI is InChI=1S/C15H9Cl2N3O/c16-10-5-6-18-8-14(10)20-15(21)13-7-11(17)9-3-1-2-4-12(9)19-13/h1-8H,(H,20,21). The Kier molecular flexibility index (Phi) is 3.73. The maximum absolute atomic E-state index is 12.2. The average Bonchev–Trinajstić information content (AvgIpc) is 2.49. The lowest BCUT2D eigenvalue weighted by Crippen LogP contribution is -2.14. The largest absolute Gasteiger partial charge is 0.318 e. The van der Waals surface area contributed by atoms with Crippen molar-refractivity contribution in [3.05, 3.63) is 64.5 Å². The summed E-state index contributed by atoms with van der Waals surface area (Å²) in [4.78, 5) is 20.5. The smallest absolute Gasteiger partial charge is 0.274 e. The lowest BCUT2D eigenvalue weighted by atomic mass is 10.2. The molecule has 2 heterocycles. The predicted octanol–water partition coefficient (Wildman–Crippen LogP) is 4.19. The Bertz CT molecular complexity index is 836. The van der Waals surface area contributed by atoms with E-state index < -0.39 is 5.91 Å². The fourth-order valence-electron chi connectivity index (χ4n) is 1.91. The van der Waals surface area contributed by atoms with E-state index in [1.54, 1.807) is 18.3 Å². The van der Waals surface area contributed by atoms with E-state index >= 15 is 0 Å². The first-order chi connectivity index (χ1) is 10.1. The highest BCUT2D eigenvalue weighted by molar-refractivity contribution is 6.36. The van der Waals surface area contributed by atoms with Gasteiger partial charge in [0.15, 0.2) is 0 Å². The molecule has 4 nitrogen and oxygen atoms in total.